The molecule has 1 saturated heterocycles. The molecule has 28 heavy (non-hydrogen) atoms. The van der Waals surface area contributed by atoms with Crippen molar-refractivity contribution in [2.75, 3.05) is 6.61 Å². The van der Waals surface area contributed by atoms with Crippen molar-refractivity contribution in [3.63, 3.8) is 0 Å². The van der Waals surface area contributed by atoms with Crippen LogP contribution >= 0.6 is 24.0 Å². The van der Waals surface area contributed by atoms with Gasteiger partial charge in [-0.05, 0) is 36.3 Å². The van der Waals surface area contributed by atoms with Crippen molar-refractivity contribution < 1.29 is 19.4 Å². The van der Waals surface area contributed by atoms with Crippen LogP contribution in [-0.2, 0) is 9.59 Å². The first-order chi connectivity index (χ1) is 13.4. The van der Waals surface area contributed by atoms with E-state index in [0.29, 0.717) is 17.3 Å². The number of carbonyl (C=O) groups excluding carboxylic acids is 2. The van der Waals surface area contributed by atoms with Crippen molar-refractivity contribution in [3.8, 4) is 5.75 Å². The van der Waals surface area contributed by atoms with Gasteiger partial charge in [-0.2, -0.15) is 0 Å². The van der Waals surface area contributed by atoms with Crippen LogP contribution in [0.2, 0.25) is 0 Å². The van der Waals surface area contributed by atoms with Crippen molar-refractivity contribution in [3.05, 3.63) is 46.9 Å². The van der Waals surface area contributed by atoms with E-state index in [0.717, 1.165) is 45.8 Å². The molecule has 1 atom stereocenters. The molecule has 1 aliphatic heterocycles. The third-order valence-electron chi connectivity index (χ3n) is 4.51. The van der Waals surface area contributed by atoms with Crippen LogP contribution in [-0.4, -0.2) is 33.7 Å². The van der Waals surface area contributed by atoms with E-state index in [1.165, 1.54) is 6.92 Å². The van der Waals surface area contributed by atoms with E-state index in [4.69, 9.17) is 17.0 Å². The molecule has 1 amide bonds. The summed E-state index contributed by atoms with van der Waals surface area (Å²) in [6.07, 6.45) is 3.69. The summed E-state index contributed by atoms with van der Waals surface area (Å²) in [5.74, 6) is -1.09. The standard InChI is InChI=1S/C21H21NO4S2/c1-3-4-11-26-17-10-9-14-7-5-6-8-15(14)16(17)12-18-19(23)22(21(27)28-18)13(2)20(24)25/h5-10,12-13H,3-4,11H2,1-2H3,(H,24,25)/p-1/b18-12-/t13-/m0/s1. The molecule has 0 bridgehead atoms. The SMILES string of the molecule is CCCCOc1ccc2ccccc2c1/C=C1\SC(=S)N([C@@H](C)C(=O)[O-])C1=O. The number of ether oxygens (including phenoxy) is 1. The minimum absolute atomic E-state index is 0.210. The molecule has 0 radical (unpaired) electrons. The van der Waals surface area contributed by atoms with Crippen LogP contribution in [0, 0.1) is 0 Å². The van der Waals surface area contributed by atoms with Crippen molar-refractivity contribution >= 4 is 57.0 Å². The van der Waals surface area contributed by atoms with E-state index >= 15 is 0 Å². The van der Waals surface area contributed by atoms with Crippen molar-refractivity contribution in [2.45, 2.75) is 32.7 Å². The zero-order valence-electron chi connectivity index (χ0n) is 15.6. The number of carboxylic acid groups (broad SMARTS) is 1. The van der Waals surface area contributed by atoms with E-state index in [2.05, 4.69) is 6.92 Å². The lowest BCUT2D eigenvalue weighted by atomic mass is 10.0. The number of unbranched alkanes of at least 4 members (excludes halogenated alkanes) is 1. The second-order valence-electron chi connectivity index (χ2n) is 6.45. The fourth-order valence-electron chi connectivity index (χ4n) is 2.93. The Balaban J connectivity index is 2.04. The van der Waals surface area contributed by atoms with E-state index in [1.807, 2.05) is 36.4 Å². The zero-order chi connectivity index (χ0) is 20.3. The number of carbonyl (C=O) groups is 2. The van der Waals surface area contributed by atoms with Gasteiger partial charge < -0.3 is 14.6 Å². The van der Waals surface area contributed by atoms with E-state index in [-0.39, 0.29) is 4.32 Å². The quantitative estimate of drug-likeness (QED) is 0.393. The monoisotopic (exact) mass is 414 g/mol. The molecule has 0 N–H and O–H groups in total. The van der Waals surface area contributed by atoms with Gasteiger partial charge in [0.25, 0.3) is 5.91 Å². The molecule has 0 aromatic heterocycles. The highest BCUT2D eigenvalue weighted by Gasteiger charge is 2.36. The lowest BCUT2D eigenvalue weighted by molar-refractivity contribution is -0.309. The Morgan fingerprint density at radius 3 is 2.79 bits per heavy atom. The van der Waals surface area contributed by atoms with Crippen LogP contribution in [0.1, 0.15) is 32.3 Å². The lowest BCUT2D eigenvalue weighted by Gasteiger charge is -2.23. The van der Waals surface area contributed by atoms with Gasteiger partial charge in [0.15, 0.2) is 0 Å². The minimum atomic E-state index is -1.34. The molecule has 1 aliphatic rings. The Kier molecular flexibility index (Phi) is 6.36. The Morgan fingerprint density at radius 2 is 2.07 bits per heavy atom. The van der Waals surface area contributed by atoms with Gasteiger partial charge in [0.2, 0.25) is 0 Å². The fourth-order valence-corrected chi connectivity index (χ4v) is 4.33. The van der Waals surface area contributed by atoms with E-state index in [1.54, 1.807) is 6.08 Å². The summed E-state index contributed by atoms with van der Waals surface area (Å²) in [6.45, 7) is 4.06. The summed E-state index contributed by atoms with van der Waals surface area (Å²) in [4.78, 5) is 25.5. The van der Waals surface area contributed by atoms with Gasteiger partial charge in [-0.3, -0.25) is 9.69 Å². The smallest absolute Gasteiger partial charge is 0.266 e. The average molecular weight is 415 g/mol. The molecule has 1 heterocycles. The first-order valence-electron chi connectivity index (χ1n) is 9.06. The number of thiocarbonyl (C=S) groups is 1. The van der Waals surface area contributed by atoms with Crippen molar-refractivity contribution in [1.29, 1.82) is 0 Å². The highest BCUT2D eigenvalue weighted by atomic mass is 32.2. The molecule has 7 heteroatoms. The van der Waals surface area contributed by atoms with Gasteiger partial charge in [-0.15, -0.1) is 0 Å². The van der Waals surface area contributed by atoms with Gasteiger partial charge in [0, 0.05) is 5.56 Å². The molecule has 2 aromatic carbocycles. The van der Waals surface area contributed by atoms with Gasteiger partial charge in [-0.25, -0.2) is 0 Å². The molecule has 0 unspecified atom stereocenters. The van der Waals surface area contributed by atoms with Gasteiger partial charge in [0.05, 0.1) is 23.5 Å². The number of benzene rings is 2. The second kappa shape index (κ2) is 8.75. The molecule has 3 rings (SSSR count). The molecular formula is C21H20NO4S2-. The zero-order valence-corrected chi connectivity index (χ0v) is 17.3. The summed E-state index contributed by atoms with van der Waals surface area (Å²) in [7, 11) is 0. The number of aliphatic carboxylic acids is 1. The third-order valence-corrected chi connectivity index (χ3v) is 5.84. The normalized spacial score (nSPS) is 16.8. The van der Waals surface area contributed by atoms with E-state index in [9.17, 15) is 14.7 Å². The largest absolute Gasteiger partial charge is 0.548 e. The fraction of sp³-hybridized carbons (Fsp3) is 0.286. The summed E-state index contributed by atoms with van der Waals surface area (Å²) < 4.78 is 6.16. The summed E-state index contributed by atoms with van der Waals surface area (Å²) in [6, 6.07) is 10.6. The maximum Gasteiger partial charge on any atom is 0.266 e. The highest BCUT2D eigenvalue weighted by Crippen LogP contribution is 2.37. The lowest BCUT2D eigenvalue weighted by Crippen LogP contribution is -2.48. The number of amides is 1. The summed E-state index contributed by atoms with van der Waals surface area (Å²) in [5.41, 5.74) is 0.788. The topological polar surface area (TPSA) is 69.7 Å². The second-order valence-corrected chi connectivity index (χ2v) is 8.12. The molecule has 1 fully saturated rings. The Morgan fingerprint density at radius 1 is 1.32 bits per heavy atom. The number of rotatable bonds is 7. The third kappa shape index (κ3) is 4.05. The molecule has 0 spiro atoms. The van der Waals surface area contributed by atoms with Gasteiger partial charge in [0.1, 0.15) is 10.1 Å². The maximum absolute atomic E-state index is 12.8. The van der Waals surface area contributed by atoms with Crippen LogP contribution in [0.5, 0.6) is 5.75 Å². The van der Waals surface area contributed by atoms with Crippen LogP contribution in [0.15, 0.2) is 41.3 Å². The number of thioether (sulfide) groups is 1. The summed E-state index contributed by atoms with van der Waals surface area (Å²) >= 11 is 6.32. The maximum atomic E-state index is 12.8. The summed E-state index contributed by atoms with van der Waals surface area (Å²) in [5, 5.41) is 13.2. The van der Waals surface area contributed by atoms with Crippen LogP contribution < -0.4 is 9.84 Å². The van der Waals surface area contributed by atoms with Gasteiger partial charge in [-0.1, -0.05) is 67.7 Å². The molecule has 2 aromatic rings. The number of hydrogen-bond acceptors (Lipinski definition) is 6. The molecule has 0 aliphatic carbocycles. The Bertz CT molecular complexity index is 970. The Labute approximate surface area is 173 Å². The molecule has 5 nitrogen and oxygen atoms in total. The van der Waals surface area contributed by atoms with Crippen molar-refractivity contribution in [2.24, 2.45) is 0 Å². The first kappa shape index (κ1) is 20.4. The number of hydrogen-bond donors (Lipinski definition) is 0. The predicted octanol–water partition coefficient (Wildman–Crippen LogP) is 3.36. The van der Waals surface area contributed by atoms with Gasteiger partial charge >= 0.3 is 0 Å². The molecular weight excluding hydrogens is 394 g/mol. The molecule has 0 saturated carbocycles. The van der Waals surface area contributed by atoms with Crippen LogP contribution in [0.25, 0.3) is 16.8 Å². The number of fused-ring (bicyclic) bond motifs is 1. The number of carboxylic acids is 1. The highest BCUT2D eigenvalue weighted by molar-refractivity contribution is 8.26. The molecule has 146 valence electrons. The van der Waals surface area contributed by atoms with E-state index < -0.39 is 17.9 Å². The van der Waals surface area contributed by atoms with Crippen LogP contribution in [0.3, 0.4) is 0 Å². The first-order valence-corrected chi connectivity index (χ1v) is 10.3. The van der Waals surface area contributed by atoms with Crippen LogP contribution in [0.4, 0.5) is 0 Å². The number of nitrogens with zero attached hydrogens (tertiary/aromatic N) is 1. The van der Waals surface area contributed by atoms with Crippen molar-refractivity contribution in [1.82, 2.24) is 4.90 Å². The predicted molar refractivity (Wildman–Crippen MR) is 114 cm³/mol. The Hall–Kier alpha value is -2.38. The average Bonchev–Trinajstić information content (AvgIpc) is 2.96. The minimum Gasteiger partial charge on any atom is -0.548 e.